The number of sulfonamides is 1. The van der Waals surface area contributed by atoms with Crippen LogP contribution in [0.2, 0.25) is 0 Å². The summed E-state index contributed by atoms with van der Waals surface area (Å²) in [4.78, 5) is 0. The maximum absolute atomic E-state index is 12.3. The summed E-state index contributed by atoms with van der Waals surface area (Å²) in [5, 5.41) is 0. The number of rotatable bonds is 3. The number of nitrogens with one attached hydrogen (secondary N) is 1. The van der Waals surface area contributed by atoms with Crippen molar-refractivity contribution < 1.29 is 17.7 Å². The molecule has 0 radical (unpaired) electrons. The lowest BCUT2D eigenvalue weighted by Gasteiger charge is -2.19. The van der Waals surface area contributed by atoms with E-state index < -0.39 is 28.3 Å². The number of hydrogen-bond acceptors (Lipinski definition) is 5. The van der Waals surface area contributed by atoms with Crippen LogP contribution in [0.3, 0.4) is 0 Å². The first-order valence-corrected chi connectivity index (χ1v) is 8.88. The molecule has 1 aliphatic rings. The summed E-state index contributed by atoms with van der Waals surface area (Å²) in [7, 11) is -4.13. The third-order valence-electron chi connectivity index (χ3n) is 2.86. The summed E-state index contributed by atoms with van der Waals surface area (Å²) in [6, 6.07) is 3.27. The zero-order valence-electron chi connectivity index (χ0n) is 12.9. The van der Waals surface area contributed by atoms with Crippen LogP contribution in [0, 0.1) is 0 Å². The molecule has 0 amide bonds. The predicted octanol–water partition coefficient (Wildman–Crippen LogP) is 1.86. The van der Waals surface area contributed by atoms with Crippen molar-refractivity contribution in [2.24, 2.45) is 0 Å². The van der Waals surface area contributed by atoms with Gasteiger partial charge in [0, 0.05) is 5.54 Å². The first-order valence-electron chi connectivity index (χ1n) is 6.58. The first kappa shape index (κ1) is 16.5. The van der Waals surface area contributed by atoms with Gasteiger partial charge in [-0.25, -0.2) is 13.1 Å². The van der Waals surface area contributed by atoms with Gasteiger partial charge in [-0.15, -0.1) is 11.3 Å². The molecule has 21 heavy (non-hydrogen) atoms. The maximum Gasteiger partial charge on any atom is 0.574 e. The highest BCUT2D eigenvalue weighted by atomic mass is 32.2. The van der Waals surface area contributed by atoms with Crippen LogP contribution in [0.1, 0.15) is 34.6 Å². The molecule has 0 aliphatic carbocycles. The van der Waals surface area contributed by atoms with Gasteiger partial charge in [0.2, 0.25) is 0 Å². The molecule has 5 nitrogen and oxygen atoms in total. The summed E-state index contributed by atoms with van der Waals surface area (Å²) >= 11 is 1.14. The molecule has 0 unspecified atom stereocenters. The minimum Gasteiger partial charge on any atom is -0.533 e. The third-order valence-corrected chi connectivity index (χ3v) is 6.22. The van der Waals surface area contributed by atoms with E-state index in [1.165, 1.54) is 0 Å². The summed E-state index contributed by atoms with van der Waals surface area (Å²) in [6.45, 7) is 12.9. The fraction of sp³-hybridized carbons (Fsp3) is 0.538. The van der Waals surface area contributed by atoms with E-state index in [0.717, 1.165) is 11.3 Å². The van der Waals surface area contributed by atoms with Gasteiger partial charge in [0.05, 0.1) is 10.5 Å². The largest absolute Gasteiger partial charge is 0.574 e. The van der Waals surface area contributed by atoms with Gasteiger partial charge >= 0.3 is 7.12 Å². The Balaban J connectivity index is 2.22. The van der Waals surface area contributed by atoms with Crippen molar-refractivity contribution in [1.29, 1.82) is 0 Å². The molecule has 1 aromatic rings. The van der Waals surface area contributed by atoms with Crippen LogP contribution >= 0.6 is 11.3 Å². The van der Waals surface area contributed by atoms with Crippen LogP contribution in [-0.2, 0) is 19.3 Å². The van der Waals surface area contributed by atoms with E-state index in [1.807, 2.05) is 13.8 Å². The van der Waals surface area contributed by atoms with E-state index in [1.54, 1.807) is 32.9 Å². The van der Waals surface area contributed by atoms with Gasteiger partial charge in [0.1, 0.15) is 9.81 Å². The quantitative estimate of drug-likeness (QED) is 0.860. The van der Waals surface area contributed by atoms with Gasteiger partial charge in [-0.05, 0) is 46.8 Å². The van der Waals surface area contributed by atoms with E-state index >= 15 is 0 Å². The topological polar surface area (TPSA) is 64.6 Å². The monoisotopic (exact) mass is 329 g/mol. The normalized spacial score (nSPS) is 18.9. The van der Waals surface area contributed by atoms with E-state index in [-0.39, 0.29) is 4.21 Å². The highest BCUT2D eigenvalue weighted by Crippen LogP contribution is 2.30. The van der Waals surface area contributed by atoms with Crippen LogP contribution in [0.5, 0.6) is 0 Å². The second-order valence-electron chi connectivity index (χ2n) is 6.51. The highest BCUT2D eigenvalue weighted by molar-refractivity contribution is 7.91. The van der Waals surface area contributed by atoms with E-state index in [9.17, 15) is 8.42 Å². The lowest BCUT2D eigenvalue weighted by Crippen LogP contribution is -2.40. The van der Waals surface area contributed by atoms with Crippen LogP contribution < -0.4 is 9.50 Å². The molecule has 1 fully saturated rings. The molecule has 1 saturated heterocycles. The summed E-state index contributed by atoms with van der Waals surface area (Å²) in [6.07, 6.45) is 0. The molecular weight excluding hydrogens is 309 g/mol. The van der Waals surface area contributed by atoms with Crippen molar-refractivity contribution in [1.82, 2.24) is 4.72 Å². The Labute approximate surface area is 130 Å². The molecule has 0 bridgehead atoms. The fourth-order valence-electron chi connectivity index (χ4n) is 1.80. The van der Waals surface area contributed by atoms with Crippen molar-refractivity contribution in [3.63, 3.8) is 0 Å². The van der Waals surface area contributed by atoms with Crippen molar-refractivity contribution in [2.45, 2.75) is 50.0 Å². The Kier molecular flexibility index (Phi) is 4.03. The van der Waals surface area contributed by atoms with E-state index in [0.29, 0.717) is 10.5 Å². The second kappa shape index (κ2) is 5.12. The van der Waals surface area contributed by atoms with Gasteiger partial charge in [-0.2, -0.15) is 0 Å². The highest BCUT2D eigenvalue weighted by Gasteiger charge is 2.44. The fourth-order valence-corrected chi connectivity index (χ4v) is 4.51. The molecule has 2 rings (SSSR count). The lowest BCUT2D eigenvalue weighted by molar-refractivity contribution is 0.173. The Bertz CT molecular complexity index is 658. The summed E-state index contributed by atoms with van der Waals surface area (Å²) in [5.74, 6) is 0.540. The molecular formula is C13H20BNO4S2. The maximum atomic E-state index is 12.3. The van der Waals surface area contributed by atoms with Crippen LogP contribution in [0.25, 0.3) is 0 Å². The molecule has 1 aliphatic heterocycles. The number of hydrogen-bond donors (Lipinski definition) is 1. The van der Waals surface area contributed by atoms with Gasteiger partial charge in [-0.3, -0.25) is 0 Å². The van der Waals surface area contributed by atoms with Crippen LogP contribution in [-0.4, -0.2) is 26.7 Å². The van der Waals surface area contributed by atoms with Gasteiger partial charge < -0.3 is 9.31 Å². The van der Waals surface area contributed by atoms with E-state index in [4.69, 9.17) is 9.31 Å². The Hall–Kier alpha value is -0.825. The number of thiophene rings is 1. The minimum absolute atomic E-state index is 0.245. The van der Waals surface area contributed by atoms with Gasteiger partial charge in [-0.1, -0.05) is 6.58 Å². The smallest absolute Gasteiger partial charge is 0.533 e. The van der Waals surface area contributed by atoms with Crippen molar-refractivity contribution in [2.75, 3.05) is 0 Å². The summed E-state index contributed by atoms with van der Waals surface area (Å²) in [5.41, 5.74) is -1.10. The van der Waals surface area contributed by atoms with Crippen LogP contribution in [0.4, 0.5) is 0 Å². The van der Waals surface area contributed by atoms with Crippen molar-refractivity contribution in [3.05, 3.63) is 24.5 Å². The van der Waals surface area contributed by atoms with Crippen LogP contribution in [0.15, 0.2) is 28.7 Å². The van der Waals surface area contributed by atoms with Gasteiger partial charge in [0.15, 0.2) is 0 Å². The molecule has 1 aromatic heterocycles. The molecule has 0 aromatic carbocycles. The minimum atomic E-state index is -3.53. The van der Waals surface area contributed by atoms with Gasteiger partial charge in [0.25, 0.3) is 10.0 Å². The zero-order valence-corrected chi connectivity index (χ0v) is 14.5. The molecule has 0 atom stereocenters. The molecule has 8 heteroatoms. The lowest BCUT2D eigenvalue weighted by atomic mass is 9.88. The molecule has 0 saturated carbocycles. The SMILES string of the molecule is C=C1OB(c2ccc(S(=O)(=O)NC(C)(C)C)s2)OC1(C)C. The Morgan fingerprint density at radius 1 is 1.33 bits per heavy atom. The molecule has 0 spiro atoms. The average Bonchev–Trinajstić information content (AvgIpc) is 2.81. The van der Waals surface area contributed by atoms with Crippen molar-refractivity contribution >= 4 is 33.3 Å². The Morgan fingerprint density at radius 2 is 1.95 bits per heavy atom. The average molecular weight is 329 g/mol. The molecule has 1 N–H and O–H groups in total. The van der Waals surface area contributed by atoms with Crippen molar-refractivity contribution in [3.8, 4) is 0 Å². The molecule has 2 heterocycles. The third kappa shape index (κ3) is 3.69. The standard InChI is InChI=1S/C13H20BNO4S2/c1-9-13(5,6)19-14(18-9)10-7-8-11(20-10)21(16,17)15-12(2,3)4/h7-8,15H,1H2,2-6H3. The first-order chi connectivity index (χ1) is 9.41. The van der Waals surface area contributed by atoms with E-state index in [2.05, 4.69) is 11.3 Å². The molecule has 116 valence electrons. The second-order valence-corrected chi connectivity index (χ2v) is 9.54. The Morgan fingerprint density at radius 3 is 2.43 bits per heavy atom. The predicted molar refractivity (Wildman–Crippen MR) is 85.2 cm³/mol. The zero-order chi connectivity index (χ0) is 16.1. The summed E-state index contributed by atoms with van der Waals surface area (Å²) < 4.78 is 39.4.